The first-order chi connectivity index (χ1) is 25.5. The maximum atomic E-state index is 11.5. The molecule has 0 spiro atoms. The third-order valence-corrected chi connectivity index (χ3v) is 10.2. The molecule has 0 aliphatic carbocycles. The number of aromatic nitrogens is 3. The van der Waals surface area contributed by atoms with Crippen LogP contribution in [-0.2, 0) is 0 Å². The molecular formula is C44H25N5O3. The summed E-state index contributed by atoms with van der Waals surface area (Å²) in [4.78, 5) is 0. The normalized spacial score (nSPS) is 11.7. The highest BCUT2D eigenvalue weighted by molar-refractivity contribution is 6.14. The van der Waals surface area contributed by atoms with Crippen LogP contribution in [-0.4, -0.2) is 29.0 Å². The van der Waals surface area contributed by atoms with Crippen LogP contribution < -0.4 is 0 Å². The van der Waals surface area contributed by atoms with Crippen LogP contribution in [0.15, 0.2) is 133 Å². The number of aromatic hydroxyl groups is 3. The second kappa shape index (κ2) is 10.7. The summed E-state index contributed by atoms with van der Waals surface area (Å²) >= 11 is 0. The summed E-state index contributed by atoms with van der Waals surface area (Å²) < 4.78 is 5.54. The van der Waals surface area contributed by atoms with Gasteiger partial charge < -0.3 is 29.0 Å². The minimum absolute atomic E-state index is 0.0163. The summed E-state index contributed by atoms with van der Waals surface area (Å²) in [6.45, 7) is 0. The molecule has 0 unspecified atom stereocenters. The van der Waals surface area contributed by atoms with Crippen molar-refractivity contribution >= 4 is 65.4 Å². The van der Waals surface area contributed by atoms with Gasteiger partial charge in [-0.1, -0.05) is 91.0 Å². The number of para-hydroxylation sites is 6. The predicted molar refractivity (Wildman–Crippen MR) is 204 cm³/mol. The van der Waals surface area contributed by atoms with Crippen molar-refractivity contribution in [3.8, 4) is 46.4 Å². The molecule has 0 atom stereocenters. The number of rotatable bonds is 3. The second-order valence-corrected chi connectivity index (χ2v) is 12.8. The van der Waals surface area contributed by atoms with Gasteiger partial charge in [-0.15, -0.1) is 0 Å². The van der Waals surface area contributed by atoms with E-state index in [-0.39, 0.29) is 34.1 Å². The van der Waals surface area contributed by atoms with Crippen LogP contribution in [0.5, 0.6) is 17.2 Å². The van der Waals surface area contributed by atoms with Crippen molar-refractivity contribution in [2.75, 3.05) is 0 Å². The fraction of sp³-hybridized carbons (Fsp3) is 0. The molecule has 0 amide bonds. The lowest BCUT2D eigenvalue weighted by Crippen LogP contribution is -2.11. The van der Waals surface area contributed by atoms with Crippen molar-refractivity contribution in [2.45, 2.75) is 0 Å². The topological polar surface area (TPSA) is 123 Å². The number of phenolic OH excluding ortho intramolecular Hbond substituents is 3. The summed E-state index contributed by atoms with van der Waals surface area (Å²) in [7, 11) is 0. The smallest absolute Gasteiger partial charge is 0.140 e. The number of nitriles is 2. The Morgan fingerprint density at radius 3 is 1.10 bits per heavy atom. The largest absolute Gasteiger partial charge is 0.506 e. The highest BCUT2D eigenvalue weighted by atomic mass is 16.3. The molecule has 7 aromatic carbocycles. The van der Waals surface area contributed by atoms with Gasteiger partial charge in [-0.25, -0.2) is 0 Å². The first kappa shape index (κ1) is 29.3. The van der Waals surface area contributed by atoms with Gasteiger partial charge in [-0.3, -0.25) is 0 Å². The Bertz CT molecular complexity index is 3100. The molecule has 3 aromatic heterocycles. The zero-order valence-corrected chi connectivity index (χ0v) is 27.3. The Labute approximate surface area is 295 Å². The van der Waals surface area contributed by atoms with Crippen molar-refractivity contribution in [3.05, 3.63) is 145 Å². The molecule has 10 aromatic rings. The van der Waals surface area contributed by atoms with Gasteiger partial charge in [-0.2, -0.15) is 10.5 Å². The maximum Gasteiger partial charge on any atom is 0.140 e. The van der Waals surface area contributed by atoms with Crippen molar-refractivity contribution in [3.63, 3.8) is 0 Å². The van der Waals surface area contributed by atoms with Crippen LogP contribution in [0.4, 0.5) is 0 Å². The van der Waals surface area contributed by atoms with Crippen molar-refractivity contribution in [1.29, 1.82) is 10.5 Å². The molecule has 8 heteroatoms. The molecule has 10 rings (SSSR count). The van der Waals surface area contributed by atoms with Crippen molar-refractivity contribution in [2.24, 2.45) is 0 Å². The highest BCUT2D eigenvalue weighted by Gasteiger charge is 2.29. The third kappa shape index (κ3) is 3.72. The quantitative estimate of drug-likeness (QED) is 0.173. The van der Waals surface area contributed by atoms with E-state index in [4.69, 9.17) is 0 Å². The van der Waals surface area contributed by atoms with Crippen molar-refractivity contribution in [1.82, 2.24) is 13.7 Å². The van der Waals surface area contributed by atoms with Gasteiger partial charge in [0.2, 0.25) is 0 Å². The summed E-state index contributed by atoms with van der Waals surface area (Å²) in [5, 5.41) is 62.0. The van der Waals surface area contributed by atoms with Gasteiger partial charge in [0.15, 0.2) is 0 Å². The Hall–Kier alpha value is -7.68. The maximum absolute atomic E-state index is 11.5. The number of hydrogen-bond donors (Lipinski definition) is 3. The minimum atomic E-state index is -0.0163. The zero-order chi connectivity index (χ0) is 35.2. The molecule has 244 valence electrons. The lowest BCUT2D eigenvalue weighted by Gasteiger charge is -2.21. The Morgan fingerprint density at radius 1 is 0.385 bits per heavy atom. The van der Waals surface area contributed by atoms with Crippen LogP contribution in [0.3, 0.4) is 0 Å². The molecule has 0 fully saturated rings. The van der Waals surface area contributed by atoms with Crippen LogP contribution >= 0.6 is 0 Å². The fourth-order valence-corrected chi connectivity index (χ4v) is 8.17. The molecule has 0 aliphatic heterocycles. The summed E-state index contributed by atoms with van der Waals surface area (Å²) in [5.41, 5.74) is 4.98. The zero-order valence-electron chi connectivity index (χ0n) is 27.3. The van der Waals surface area contributed by atoms with E-state index in [0.717, 1.165) is 43.4 Å². The highest BCUT2D eigenvalue weighted by Crippen LogP contribution is 2.46. The first-order valence-electron chi connectivity index (χ1n) is 16.7. The third-order valence-electron chi connectivity index (χ3n) is 10.2. The first-order valence-corrected chi connectivity index (χ1v) is 16.7. The molecule has 3 N–H and O–H groups in total. The molecule has 3 heterocycles. The number of benzene rings is 7. The van der Waals surface area contributed by atoms with Crippen LogP contribution in [0, 0.1) is 22.7 Å². The van der Waals surface area contributed by atoms with Gasteiger partial charge in [-0.05, 0) is 42.5 Å². The van der Waals surface area contributed by atoms with Gasteiger partial charge >= 0.3 is 0 Å². The van der Waals surface area contributed by atoms with E-state index in [1.165, 1.54) is 0 Å². The lowest BCUT2D eigenvalue weighted by molar-refractivity contribution is 0.479. The molecule has 0 aliphatic rings. The van der Waals surface area contributed by atoms with E-state index in [1.807, 2.05) is 100 Å². The Morgan fingerprint density at radius 2 is 0.712 bits per heavy atom. The van der Waals surface area contributed by atoms with E-state index in [0.29, 0.717) is 33.4 Å². The molecule has 8 nitrogen and oxygen atoms in total. The molecule has 0 saturated heterocycles. The SMILES string of the molecule is N#Cc1c(-n2c3ccccc3c3cccc(O)c32)cc(-n2c3ccccc3c3cccc(O)c32)c(C#N)c1-n1c2ccccc2c2cccc(O)c21. The van der Waals surface area contributed by atoms with Crippen LogP contribution in [0.25, 0.3) is 82.5 Å². The van der Waals surface area contributed by atoms with Gasteiger partial charge in [0.1, 0.15) is 40.5 Å². The number of nitrogens with zero attached hydrogens (tertiary/aromatic N) is 5. The van der Waals surface area contributed by atoms with Gasteiger partial charge in [0, 0.05) is 32.3 Å². The summed E-state index contributed by atoms with van der Waals surface area (Å²) in [5.74, 6) is 0.0283. The minimum Gasteiger partial charge on any atom is -0.506 e. The van der Waals surface area contributed by atoms with E-state index >= 15 is 0 Å². The van der Waals surface area contributed by atoms with Crippen LogP contribution in [0.2, 0.25) is 0 Å². The lowest BCUT2D eigenvalue weighted by atomic mass is 10.0. The number of fused-ring (bicyclic) bond motifs is 9. The predicted octanol–water partition coefficient (Wildman–Crippen LogP) is 9.84. The average molecular weight is 672 g/mol. The monoisotopic (exact) mass is 671 g/mol. The van der Waals surface area contributed by atoms with E-state index in [1.54, 1.807) is 47.0 Å². The average Bonchev–Trinajstić information content (AvgIpc) is 3.82. The van der Waals surface area contributed by atoms with Crippen molar-refractivity contribution < 1.29 is 15.3 Å². The van der Waals surface area contributed by atoms with Crippen LogP contribution in [0.1, 0.15) is 11.1 Å². The molecule has 0 radical (unpaired) electrons. The molecule has 0 bridgehead atoms. The Balaban J connectivity index is 1.51. The molecule has 0 saturated carbocycles. The van der Waals surface area contributed by atoms with Gasteiger partial charge in [0.05, 0.1) is 50.2 Å². The number of phenols is 3. The summed E-state index contributed by atoms with van der Waals surface area (Å²) in [6.07, 6.45) is 0. The van der Waals surface area contributed by atoms with E-state index in [9.17, 15) is 25.8 Å². The van der Waals surface area contributed by atoms with E-state index < -0.39 is 0 Å². The standard InChI is InChI=1S/C44H25N5O3/c45-23-31-36(47-33-16-4-1-10-25(33)28-13-7-19-38(50)42(28)47)22-37(48-34-17-5-2-11-26(34)29-14-8-20-39(51)43(29)48)32(24-46)41(31)49-35-18-6-3-12-27(35)30-15-9-21-40(52)44(30)49/h1-22,50-52H. The van der Waals surface area contributed by atoms with Gasteiger partial charge in [0.25, 0.3) is 0 Å². The molecular weight excluding hydrogens is 647 g/mol. The Kier molecular flexibility index (Phi) is 6.00. The molecule has 52 heavy (non-hydrogen) atoms. The summed E-state index contributed by atoms with van der Waals surface area (Å²) in [6, 6.07) is 45.8. The number of hydrogen-bond acceptors (Lipinski definition) is 5. The van der Waals surface area contributed by atoms with E-state index in [2.05, 4.69) is 12.1 Å². The second-order valence-electron chi connectivity index (χ2n) is 12.8. The fourth-order valence-electron chi connectivity index (χ4n) is 8.17.